The Kier molecular flexibility index (Phi) is 3.17. The monoisotopic (exact) mass is 262 g/mol. The molecule has 0 aliphatic heterocycles. The van der Waals surface area contributed by atoms with Crippen molar-refractivity contribution in [2.24, 2.45) is 5.92 Å². The number of aromatic nitrogens is 3. The fourth-order valence-electron chi connectivity index (χ4n) is 2.88. The summed E-state index contributed by atoms with van der Waals surface area (Å²) in [4.78, 5) is 13.3. The Morgan fingerprint density at radius 2 is 1.79 bits per heavy atom. The van der Waals surface area contributed by atoms with Crippen LogP contribution in [0.1, 0.15) is 63.0 Å². The number of methoxy groups -OCH3 is 1. The van der Waals surface area contributed by atoms with Gasteiger partial charge in [0.15, 0.2) is 5.82 Å². The summed E-state index contributed by atoms with van der Waals surface area (Å²) in [6, 6.07) is 0. The molecule has 0 bridgehead atoms. The minimum absolute atomic E-state index is 0.335. The molecule has 1 aromatic rings. The zero-order chi connectivity index (χ0) is 13.5. The van der Waals surface area contributed by atoms with Crippen LogP contribution >= 0.6 is 0 Å². The average Bonchev–Trinajstić information content (AvgIpc) is 3.24. The van der Waals surface area contributed by atoms with Gasteiger partial charge in [-0.3, -0.25) is 0 Å². The molecule has 19 heavy (non-hydrogen) atoms. The molecule has 0 radical (unpaired) electrons. The summed E-state index contributed by atoms with van der Waals surface area (Å²) in [6.07, 6.45) is 6.58. The third-order valence-corrected chi connectivity index (χ3v) is 4.49. The van der Waals surface area contributed by atoms with Crippen LogP contribution in [0.4, 0.5) is 5.95 Å². The van der Waals surface area contributed by atoms with Crippen molar-refractivity contribution in [1.29, 1.82) is 0 Å². The van der Waals surface area contributed by atoms with Gasteiger partial charge >= 0.3 is 0 Å². The molecule has 1 heterocycles. The van der Waals surface area contributed by atoms with Gasteiger partial charge in [-0.25, -0.2) is 4.98 Å². The zero-order valence-corrected chi connectivity index (χ0v) is 11.7. The van der Waals surface area contributed by atoms with Gasteiger partial charge in [-0.2, -0.15) is 9.97 Å². The number of ether oxygens (including phenoxy) is 1. The number of hydrogen-bond acceptors (Lipinski definition) is 5. The first-order chi connectivity index (χ1) is 9.13. The van der Waals surface area contributed by atoms with Gasteiger partial charge in [0.2, 0.25) is 5.95 Å². The maximum absolute atomic E-state index is 5.85. The third-order valence-electron chi connectivity index (χ3n) is 4.49. The normalized spacial score (nSPS) is 31.4. The van der Waals surface area contributed by atoms with E-state index in [9.17, 15) is 0 Å². The molecular formula is C14H22N4O. The van der Waals surface area contributed by atoms with Crippen molar-refractivity contribution in [2.75, 3.05) is 12.8 Å². The van der Waals surface area contributed by atoms with Gasteiger partial charge in [-0.1, -0.05) is 6.92 Å². The Morgan fingerprint density at radius 1 is 1.11 bits per heavy atom. The second-order valence-electron chi connectivity index (χ2n) is 6.03. The van der Waals surface area contributed by atoms with Gasteiger partial charge in [0.05, 0.1) is 0 Å². The highest BCUT2D eigenvalue weighted by Gasteiger charge is 2.40. The highest BCUT2D eigenvalue weighted by atomic mass is 16.5. The minimum atomic E-state index is -0.354. The van der Waals surface area contributed by atoms with E-state index in [-0.39, 0.29) is 5.60 Å². The van der Waals surface area contributed by atoms with Crippen LogP contribution in [-0.2, 0) is 10.3 Å². The molecule has 2 aliphatic rings. The molecule has 5 nitrogen and oxygen atoms in total. The molecule has 1 aromatic heterocycles. The van der Waals surface area contributed by atoms with Crippen LogP contribution < -0.4 is 5.73 Å². The Labute approximate surface area is 114 Å². The number of rotatable bonds is 3. The summed E-state index contributed by atoms with van der Waals surface area (Å²) in [5.74, 6) is 3.18. The van der Waals surface area contributed by atoms with Crippen LogP contribution in [-0.4, -0.2) is 22.1 Å². The first-order valence-electron chi connectivity index (χ1n) is 7.20. The van der Waals surface area contributed by atoms with E-state index in [2.05, 4.69) is 21.9 Å². The predicted octanol–water partition coefficient (Wildman–Crippen LogP) is 2.38. The lowest BCUT2D eigenvalue weighted by Crippen LogP contribution is -2.35. The van der Waals surface area contributed by atoms with Gasteiger partial charge in [0.25, 0.3) is 0 Å². The van der Waals surface area contributed by atoms with E-state index < -0.39 is 0 Å². The molecule has 0 atom stereocenters. The van der Waals surface area contributed by atoms with Crippen molar-refractivity contribution in [1.82, 2.24) is 15.0 Å². The number of nitrogen functional groups attached to an aromatic ring is 1. The van der Waals surface area contributed by atoms with Crippen LogP contribution in [0.5, 0.6) is 0 Å². The Bertz CT molecular complexity index is 465. The third kappa shape index (κ3) is 2.43. The largest absolute Gasteiger partial charge is 0.370 e. The maximum Gasteiger partial charge on any atom is 0.223 e. The van der Waals surface area contributed by atoms with Crippen molar-refractivity contribution in [3.8, 4) is 0 Å². The summed E-state index contributed by atoms with van der Waals surface area (Å²) in [5, 5.41) is 0. The van der Waals surface area contributed by atoms with Crippen molar-refractivity contribution in [3.05, 3.63) is 11.6 Å². The fourth-order valence-corrected chi connectivity index (χ4v) is 2.88. The molecule has 2 N–H and O–H groups in total. The SMILES string of the molecule is COC1(c2nc(N)nc(C3CC3)n2)CCC(C)CC1. The van der Waals surface area contributed by atoms with Crippen molar-refractivity contribution in [2.45, 2.75) is 57.0 Å². The molecule has 2 saturated carbocycles. The topological polar surface area (TPSA) is 73.9 Å². The maximum atomic E-state index is 5.85. The summed E-state index contributed by atoms with van der Waals surface area (Å²) in [7, 11) is 1.76. The quantitative estimate of drug-likeness (QED) is 0.905. The van der Waals surface area contributed by atoms with E-state index in [1.807, 2.05) is 0 Å². The second-order valence-corrected chi connectivity index (χ2v) is 6.03. The molecule has 3 rings (SSSR count). The van der Waals surface area contributed by atoms with Crippen LogP contribution in [0, 0.1) is 5.92 Å². The predicted molar refractivity (Wildman–Crippen MR) is 72.5 cm³/mol. The zero-order valence-electron chi connectivity index (χ0n) is 11.7. The first-order valence-corrected chi connectivity index (χ1v) is 7.20. The van der Waals surface area contributed by atoms with Crippen molar-refractivity contribution in [3.63, 3.8) is 0 Å². The van der Waals surface area contributed by atoms with Gasteiger partial charge in [-0.15, -0.1) is 0 Å². The Hall–Kier alpha value is -1.23. The molecule has 104 valence electrons. The molecule has 2 fully saturated rings. The minimum Gasteiger partial charge on any atom is -0.370 e. The summed E-state index contributed by atoms with van der Waals surface area (Å²) in [6.45, 7) is 2.29. The molecule has 0 amide bonds. The highest BCUT2D eigenvalue weighted by Crippen LogP contribution is 2.42. The second kappa shape index (κ2) is 4.71. The van der Waals surface area contributed by atoms with E-state index in [0.717, 1.165) is 43.3 Å². The number of anilines is 1. The number of hydrogen-bond donors (Lipinski definition) is 1. The lowest BCUT2D eigenvalue weighted by molar-refractivity contribution is -0.0599. The highest BCUT2D eigenvalue weighted by molar-refractivity contribution is 5.22. The van der Waals surface area contributed by atoms with E-state index in [1.165, 1.54) is 12.8 Å². The average molecular weight is 262 g/mol. The molecule has 0 spiro atoms. The van der Waals surface area contributed by atoms with E-state index in [4.69, 9.17) is 10.5 Å². The fraction of sp³-hybridized carbons (Fsp3) is 0.786. The molecular weight excluding hydrogens is 240 g/mol. The lowest BCUT2D eigenvalue weighted by Gasteiger charge is -2.36. The van der Waals surface area contributed by atoms with E-state index in [0.29, 0.717) is 11.9 Å². The molecule has 0 aromatic carbocycles. The van der Waals surface area contributed by atoms with E-state index >= 15 is 0 Å². The summed E-state index contributed by atoms with van der Waals surface area (Å²) in [5.41, 5.74) is 5.50. The molecule has 0 saturated heterocycles. The Morgan fingerprint density at radius 3 is 2.37 bits per heavy atom. The molecule has 5 heteroatoms. The summed E-state index contributed by atoms with van der Waals surface area (Å²) < 4.78 is 5.81. The van der Waals surface area contributed by atoms with Crippen LogP contribution in [0.2, 0.25) is 0 Å². The number of nitrogens with zero attached hydrogens (tertiary/aromatic N) is 3. The summed E-state index contributed by atoms with van der Waals surface area (Å²) >= 11 is 0. The number of nitrogens with two attached hydrogens (primary N) is 1. The lowest BCUT2D eigenvalue weighted by atomic mass is 9.79. The molecule has 0 unspecified atom stereocenters. The van der Waals surface area contributed by atoms with Crippen LogP contribution in [0.3, 0.4) is 0 Å². The van der Waals surface area contributed by atoms with Gasteiger partial charge in [-0.05, 0) is 44.4 Å². The smallest absolute Gasteiger partial charge is 0.223 e. The van der Waals surface area contributed by atoms with Gasteiger partial charge in [0.1, 0.15) is 11.4 Å². The first kappa shape index (κ1) is 12.8. The standard InChI is InChI=1S/C14H22N4O/c1-9-5-7-14(19-2,8-6-9)12-16-11(10-3-4-10)17-13(15)18-12/h9-10H,3-8H2,1-2H3,(H2,15,16,17,18). The van der Waals surface area contributed by atoms with E-state index in [1.54, 1.807) is 7.11 Å². The van der Waals surface area contributed by atoms with Crippen LogP contribution in [0.25, 0.3) is 0 Å². The van der Waals surface area contributed by atoms with Gasteiger partial charge < -0.3 is 10.5 Å². The van der Waals surface area contributed by atoms with Crippen molar-refractivity contribution >= 4 is 5.95 Å². The van der Waals surface area contributed by atoms with Crippen LogP contribution in [0.15, 0.2) is 0 Å². The van der Waals surface area contributed by atoms with Gasteiger partial charge in [0, 0.05) is 13.0 Å². The Balaban J connectivity index is 1.94. The van der Waals surface area contributed by atoms with Crippen molar-refractivity contribution < 1.29 is 4.74 Å². The molecule has 2 aliphatic carbocycles.